The van der Waals surface area contributed by atoms with Gasteiger partial charge in [0.2, 0.25) is 17.7 Å². The normalized spacial score (nSPS) is 21.1. The van der Waals surface area contributed by atoms with Crippen LogP contribution in [0.3, 0.4) is 0 Å². The SMILES string of the molecule is O=C(N[C@@H](C(=O)N1CCC(CN2CCN(CC(=O)N3CCN(C(=O)c4cc(Cc5n[nH]c(=O)c6ccccc56)ccc4F)CC3)CC2)CC1)C1CCCCC1)c1cccc(C2CCCN(C(=O)CNCC3CC3)C2)c1. The Bertz CT molecular complexity index is 2740. The van der Waals surface area contributed by atoms with Crippen molar-refractivity contribution in [2.24, 2.45) is 17.8 Å². The van der Waals surface area contributed by atoms with Crippen molar-refractivity contribution in [3.63, 3.8) is 0 Å². The molecule has 2 saturated carbocycles. The second-order valence-electron chi connectivity index (χ2n) is 22.3. The number of nitrogens with one attached hydrogen (secondary N) is 3. The molecule has 10 rings (SSSR count). The number of hydrogen-bond donors (Lipinski definition) is 3. The lowest BCUT2D eigenvalue weighted by Crippen LogP contribution is -2.55. The topological polar surface area (TPSA) is 175 Å². The van der Waals surface area contributed by atoms with Crippen LogP contribution in [0.15, 0.2) is 71.5 Å². The van der Waals surface area contributed by atoms with Gasteiger partial charge in [0.1, 0.15) is 11.9 Å². The van der Waals surface area contributed by atoms with Crippen LogP contribution >= 0.6 is 0 Å². The van der Waals surface area contributed by atoms with Crippen molar-refractivity contribution in [1.29, 1.82) is 0 Å². The van der Waals surface area contributed by atoms with E-state index in [0.717, 1.165) is 115 Å². The molecule has 5 amide bonds. The molecular formula is C58H75FN10O6. The number of fused-ring (bicyclic) bond motifs is 1. The molecule has 3 aromatic carbocycles. The molecular weight excluding hydrogens is 952 g/mol. The predicted molar refractivity (Wildman–Crippen MR) is 285 cm³/mol. The maximum atomic E-state index is 15.1. The molecule has 4 saturated heterocycles. The van der Waals surface area contributed by atoms with E-state index in [2.05, 4.69) is 36.7 Å². The van der Waals surface area contributed by atoms with E-state index < -0.39 is 17.8 Å². The molecule has 3 N–H and O–H groups in total. The number of halogens is 1. The zero-order valence-electron chi connectivity index (χ0n) is 43.5. The van der Waals surface area contributed by atoms with E-state index in [4.69, 9.17) is 0 Å². The molecule has 2 aliphatic carbocycles. The Morgan fingerprint density at radius 2 is 1.40 bits per heavy atom. The summed E-state index contributed by atoms with van der Waals surface area (Å²) >= 11 is 0. The van der Waals surface area contributed by atoms with Gasteiger partial charge in [-0.15, -0.1) is 0 Å². The predicted octanol–water partition coefficient (Wildman–Crippen LogP) is 4.88. The van der Waals surface area contributed by atoms with Crippen LogP contribution in [0.25, 0.3) is 10.8 Å². The molecule has 4 aliphatic heterocycles. The number of carbonyl (C=O) groups is 5. The average Bonchev–Trinajstić information content (AvgIpc) is 4.29. The lowest BCUT2D eigenvalue weighted by atomic mass is 9.82. The van der Waals surface area contributed by atoms with Crippen LogP contribution in [0, 0.1) is 23.6 Å². The zero-order valence-corrected chi connectivity index (χ0v) is 43.5. The van der Waals surface area contributed by atoms with E-state index in [1.54, 1.807) is 34.1 Å². The highest BCUT2D eigenvalue weighted by Crippen LogP contribution is 2.32. The van der Waals surface area contributed by atoms with E-state index in [9.17, 15) is 28.8 Å². The number of rotatable bonds is 16. The number of H-pyrrole nitrogens is 1. The number of aromatic amines is 1. The van der Waals surface area contributed by atoms with E-state index in [1.807, 2.05) is 40.1 Å². The second-order valence-corrected chi connectivity index (χ2v) is 22.3. The summed E-state index contributed by atoms with van der Waals surface area (Å²) in [7, 11) is 0. The number of aromatic nitrogens is 2. The summed E-state index contributed by atoms with van der Waals surface area (Å²) < 4.78 is 15.1. The number of carbonyl (C=O) groups excluding carboxylic acids is 5. The first-order valence-corrected chi connectivity index (χ1v) is 28.0. The van der Waals surface area contributed by atoms with Crippen molar-refractivity contribution in [3.05, 3.63) is 111 Å². The van der Waals surface area contributed by atoms with Crippen molar-refractivity contribution in [2.75, 3.05) is 105 Å². The summed E-state index contributed by atoms with van der Waals surface area (Å²) in [5.74, 6) is 0.460. The molecule has 400 valence electrons. The molecule has 1 aromatic heterocycles. The summed E-state index contributed by atoms with van der Waals surface area (Å²) in [6, 6.07) is 18.9. The first-order valence-electron chi connectivity index (χ1n) is 28.0. The third-order valence-electron chi connectivity index (χ3n) is 17.1. The van der Waals surface area contributed by atoms with E-state index in [-0.39, 0.29) is 46.6 Å². The highest BCUT2D eigenvalue weighted by Gasteiger charge is 2.37. The van der Waals surface area contributed by atoms with Gasteiger partial charge in [-0.3, -0.25) is 33.7 Å². The fourth-order valence-corrected chi connectivity index (χ4v) is 12.3. The fraction of sp³-hybridized carbons (Fsp3) is 0.569. The third kappa shape index (κ3) is 13.1. The van der Waals surface area contributed by atoms with Gasteiger partial charge in [-0.1, -0.05) is 55.7 Å². The smallest absolute Gasteiger partial charge is 0.272 e. The summed E-state index contributed by atoms with van der Waals surface area (Å²) in [5, 5.41) is 14.6. The number of piperidine rings is 2. The Balaban J connectivity index is 0.652. The number of amides is 5. The van der Waals surface area contributed by atoms with Crippen LogP contribution in [0.1, 0.15) is 114 Å². The first-order chi connectivity index (χ1) is 36.5. The lowest BCUT2D eigenvalue weighted by molar-refractivity contribution is -0.137. The highest BCUT2D eigenvalue weighted by atomic mass is 19.1. The van der Waals surface area contributed by atoms with Crippen LogP contribution in [0.4, 0.5) is 4.39 Å². The Labute approximate surface area is 439 Å². The maximum Gasteiger partial charge on any atom is 0.272 e. The van der Waals surface area contributed by atoms with Gasteiger partial charge in [-0.05, 0) is 117 Å². The monoisotopic (exact) mass is 1030 g/mol. The Morgan fingerprint density at radius 3 is 2.16 bits per heavy atom. The standard InChI is InChI=1S/C58H75FN10O6/c59-50-18-17-42(33-51-47-13-4-5-14-48(47)56(73)63-62-51)32-49(50)57(74)68-30-28-66(29-31-68)53(71)39-65-26-24-64(25-27-65)37-41-19-22-67(23-20-41)58(75)54(43-8-2-1-3-9-43)61-55(72)45-11-6-10-44(34-45)46-12-7-21-69(38-46)52(70)36-60-35-40-15-16-40/h4-6,10-11,13-14,17-18,32,34,40-41,43,46,54,60H,1-3,7-9,12,15-16,19-31,33,35-39H2,(H,61,72)(H,63,73)/t46?,54-/m1/s1. The van der Waals surface area contributed by atoms with E-state index in [1.165, 1.54) is 18.9 Å². The molecule has 75 heavy (non-hydrogen) atoms. The number of hydrogen-bond acceptors (Lipinski definition) is 10. The molecule has 0 radical (unpaired) electrons. The fourth-order valence-electron chi connectivity index (χ4n) is 12.3. The first kappa shape index (κ1) is 52.4. The number of nitrogens with zero attached hydrogens (tertiary/aromatic N) is 7. The van der Waals surface area contributed by atoms with Gasteiger partial charge in [0.25, 0.3) is 17.4 Å². The molecule has 0 bridgehead atoms. The quantitative estimate of drug-likeness (QED) is 0.141. The Morgan fingerprint density at radius 1 is 0.667 bits per heavy atom. The number of benzene rings is 3. The van der Waals surface area contributed by atoms with Crippen molar-refractivity contribution in [3.8, 4) is 0 Å². The maximum absolute atomic E-state index is 15.1. The summed E-state index contributed by atoms with van der Waals surface area (Å²) in [5.41, 5.74) is 2.65. The van der Waals surface area contributed by atoms with Crippen LogP contribution in [0.2, 0.25) is 0 Å². The van der Waals surface area contributed by atoms with Crippen molar-refractivity contribution in [1.82, 2.24) is 50.2 Å². The number of piperazine rings is 2. The molecule has 1 unspecified atom stereocenters. The molecule has 2 atom stereocenters. The molecule has 17 heteroatoms. The zero-order chi connectivity index (χ0) is 51.8. The minimum atomic E-state index is -0.606. The molecule has 16 nitrogen and oxygen atoms in total. The summed E-state index contributed by atoms with van der Waals surface area (Å²) in [6.45, 7) is 10.0. The second kappa shape index (κ2) is 24.3. The van der Waals surface area contributed by atoms with Gasteiger partial charge in [-0.2, -0.15) is 5.10 Å². The lowest BCUT2D eigenvalue weighted by Gasteiger charge is -2.41. The molecule has 0 spiro atoms. The van der Waals surface area contributed by atoms with Crippen LogP contribution in [0.5, 0.6) is 0 Å². The molecule has 4 aromatic rings. The minimum Gasteiger partial charge on any atom is -0.341 e. The average molecular weight is 1030 g/mol. The largest absolute Gasteiger partial charge is 0.341 e. The molecule has 6 fully saturated rings. The Kier molecular flexibility index (Phi) is 17.0. The van der Waals surface area contributed by atoms with Gasteiger partial charge >= 0.3 is 0 Å². The highest BCUT2D eigenvalue weighted by molar-refractivity contribution is 5.98. The third-order valence-corrected chi connectivity index (χ3v) is 17.1. The van der Waals surface area contributed by atoms with E-state index >= 15 is 4.39 Å². The van der Waals surface area contributed by atoms with E-state index in [0.29, 0.717) is 98.8 Å². The molecule has 5 heterocycles. The number of likely N-dealkylation sites (tertiary alicyclic amines) is 2. The van der Waals surface area contributed by atoms with Crippen molar-refractivity contribution in [2.45, 2.75) is 89.0 Å². The van der Waals surface area contributed by atoms with Gasteiger partial charge in [0.05, 0.1) is 29.7 Å². The van der Waals surface area contributed by atoms with Crippen LogP contribution in [-0.4, -0.2) is 180 Å². The summed E-state index contributed by atoms with van der Waals surface area (Å²) in [6.07, 6.45) is 11.7. The van der Waals surface area contributed by atoms with Crippen molar-refractivity contribution < 1.29 is 28.4 Å². The van der Waals surface area contributed by atoms with Gasteiger partial charge in [-0.25, -0.2) is 9.49 Å². The minimum absolute atomic E-state index is 0.0225. The van der Waals surface area contributed by atoms with Crippen molar-refractivity contribution >= 4 is 40.3 Å². The van der Waals surface area contributed by atoms with Gasteiger partial charge in [0.15, 0.2) is 0 Å². The van der Waals surface area contributed by atoms with Gasteiger partial charge < -0.3 is 35.1 Å². The Hall–Kier alpha value is -6.04. The molecule has 6 aliphatic rings. The van der Waals surface area contributed by atoms with Gasteiger partial charge in [0, 0.05) is 108 Å². The van der Waals surface area contributed by atoms with Crippen LogP contribution in [-0.2, 0) is 20.8 Å². The summed E-state index contributed by atoms with van der Waals surface area (Å²) in [4.78, 5) is 93.0. The van der Waals surface area contributed by atoms with Crippen LogP contribution < -0.4 is 16.2 Å².